The minimum absolute atomic E-state index is 0.110. The molecule has 6 nitrogen and oxygen atoms in total. The summed E-state index contributed by atoms with van der Waals surface area (Å²) in [7, 11) is 0. The van der Waals surface area contributed by atoms with Crippen molar-refractivity contribution >= 4 is 65.4 Å². The van der Waals surface area contributed by atoms with Gasteiger partial charge in [-0.15, -0.1) is 0 Å². The molecule has 0 fully saturated rings. The van der Waals surface area contributed by atoms with Crippen molar-refractivity contribution < 1.29 is 11.0 Å². The third-order valence-electron chi connectivity index (χ3n) is 13.2. The molecule has 0 radical (unpaired) electrons. The van der Waals surface area contributed by atoms with E-state index in [1.165, 1.54) is 0 Å². The number of hydrogen-bond donors (Lipinski definition) is 0. The van der Waals surface area contributed by atoms with E-state index in [9.17, 15) is 5.48 Å². The summed E-state index contributed by atoms with van der Waals surface area (Å²) < 4.78 is 78.5. The van der Waals surface area contributed by atoms with E-state index in [4.69, 9.17) is 15.5 Å². The lowest BCUT2D eigenvalue weighted by molar-refractivity contribution is 1.05. The van der Waals surface area contributed by atoms with Crippen LogP contribution in [0.5, 0.6) is 0 Å². The second-order valence-electron chi connectivity index (χ2n) is 17.0. The van der Waals surface area contributed by atoms with E-state index in [2.05, 4.69) is 176 Å². The van der Waals surface area contributed by atoms with Gasteiger partial charge in [0.05, 0.1) is 72.5 Å². The Morgan fingerprint density at radius 1 is 0.333 bits per heavy atom. The van der Waals surface area contributed by atoms with E-state index in [0.29, 0.717) is 16.8 Å². The summed E-state index contributed by atoms with van der Waals surface area (Å²) in [5.41, 5.74) is 9.52. The summed E-state index contributed by atoms with van der Waals surface area (Å²) in [5.74, 6) is 0.276. The lowest BCUT2D eigenvalue weighted by Crippen LogP contribution is -2.10. The Morgan fingerprint density at radius 2 is 0.725 bits per heavy atom. The van der Waals surface area contributed by atoms with Crippen LogP contribution < -0.4 is 0 Å². The van der Waals surface area contributed by atoms with Crippen LogP contribution in [0.3, 0.4) is 0 Å². The maximum absolute atomic E-state index is 9.56. The van der Waals surface area contributed by atoms with Gasteiger partial charge >= 0.3 is 0 Å². The van der Waals surface area contributed by atoms with Gasteiger partial charge in [0, 0.05) is 61.4 Å². The minimum Gasteiger partial charge on any atom is -0.307 e. The molecule has 0 bridgehead atoms. The quantitative estimate of drug-likeness (QED) is 0.160. The van der Waals surface area contributed by atoms with E-state index < -0.39 is 48.6 Å². The third kappa shape index (κ3) is 6.16. The number of para-hydroxylation sites is 6. The molecule has 0 atom stereocenters. The molecular weight excluding hydrogens is 841 g/mol. The van der Waals surface area contributed by atoms with Crippen molar-refractivity contribution in [2.45, 2.75) is 0 Å². The van der Waals surface area contributed by atoms with Gasteiger partial charge in [-0.25, -0.2) is 9.97 Å². The normalized spacial score (nSPS) is 13.4. The molecule has 0 N–H and O–H groups in total. The highest BCUT2D eigenvalue weighted by atomic mass is 15.1. The maximum Gasteiger partial charge on any atom is 0.160 e. The average molecular weight is 889 g/mol. The lowest BCUT2D eigenvalue weighted by Gasteiger charge is -2.23. The summed E-state index contributed by atoms with van der Waals surface area (Å²) >= 11 is 0. The molecule has 9 aromatic carbocycles. The molecule has 14 aromatic rings. The third-order valence-corrected chi connectivity index (χ3v) is 13.2. The smallest absolute Gasteiger partial charge is 0.160 e. The molecule has 0 aliphatic rings. The van der Waals surface area contributed by atoms with Crippen LogP contribution in [0, 0.1) is 0 Å². The summed E-state index contributed by atoms with van der Waals surface area (Å²) in [6.45, 7) is 0. The first-order chi connectivity index (χ1) is 37.6. The standard InChI is InChI=1S/C63H40N6/c1-2-17-43(18-3-1)63-65-52(42-34-32-41(33-35-42)44-19-16-36-64-40-44)39-53(66-63)45-37-60(67-54-26-10-4-20-46(54)47-21-5-11-27-55(47)67)62(69-58-30-14-8-24-50(58)51-25-9-15-31-59(51)69)61(38-45)68-56-28-12-6-22-48(56)49-23-7-13-29-57(49)68/h1-40H/i16D,19D,32D,33D,34D,35D,36D,40D. The van der Waals surface area contributed by atoms with Crippen molar-refractivity contribution in [3.63, 3.8) is 0 Å². The molecule has 322 valence electrons. The Morgan fingerprint density at radius 3 is 1.19 bits per heavy atom. The fraction of sp³-hybridized carbons (Fsp3) is 0. The van der Waals surface area contributed by atoms with Crippen LogP contribution >= 0.6 is 0 Å². The van der Waals surface area contributed by atoms with E-state index in [1.807, 2.05) is 30.3 Å². The Bertz CT molecular complexity index is 4490. The van der Waals surface area contributed by atoms with Gasteiger partial charge in [-0.3, -0.25) is 4.98 Å². The minimum atomic E-state index is -0.595. The molecule has 69 heavy (non-hydrogen) atoms. The molecule has 0 aliphatic carbocycles. The summed E-state index contributed by atoms with van der Waals surface area (Å²) in [5, 5.41) is 6.47. The van der Waals surface area contributed by atoms with Crippen LogP contribution in [-0.2, 0) is 0 Å². The maximum atomic E-state index is 9.56. The van der Waals surface area contributed by atoms with Gasteiger partial charge in [0.2, 0.25) is 0 Å². The highest BCUT2D eigenvalue weighted by Crippen LogP contribution is 2.45. The Balaban J connectivity index is 1.16. The number of fused-ring (bicyclic) bond motifs is 9. The molecule has 0 unspecified atom stereocenters. The largest absolute Gasteiger partial charge is 0.307 e. The fourth-order valence-corrected chi connectivity index (χ4v) is 10.2. The van der Waals surface area contributed by atoms with Gasteiger partial charge in [-0.1, -0.05) is 170 Å². The zero-order valence-electron chi connectivity index (χ0n) is 44.7. The van der Waals surface area contributed by atoms with Crippen molar-refractivity contribution in [2.75, 3.05) is 0 Å². The molecule has 0 spiro atoms. The van der Waals surface area contributed by atoms with Crippen LogP contribution in [-0.4, -0.2) is 28.7 Å². The lowest BCUT2D eigenvalue weighted by atomic mass is 10.0. The van der Waals surface area contributed by atoms with E-state index in [-0.39, 0.29) is 28.2 Å². The van der Waals surface area contributed by atoms with Crippen molar-refractivity contribution in [3.8, 4) is 62.1 Å². The molecule has 5 aromatic heterocycles. The molecule has 0 aliphatic heterocycles. The number of rotatable bonds is 7. The summed E-state index contributed by atoms with van der Waals surface area (Å²) in [6.07, 6.45) is -1.19. The number of pyridine rings is 1. The SMILES string of the molecule is [2H]c1nc([2H])c(-c2c([2H])c([2H])c(-c3cc(-c4cc(-n5c6ccccc6c6ccccc65)c(-n5c6ccccc6c6ccccc65)c(-n5c6ccccc6c6ccccc65)c4)nc(-c4ccccc4)n3)c([2H])c2[2H])c([2H])c1[2H]. The van der Waals surface area contributed by atoms with Crippen LogP contribution in [0.1, 0.15) is 11.0 Å². The zero-order valence-corrected chi connectivity index (χ0v) is 36.7. The first-order valence-electron chi connectivity index (χ1n) is 26.7. The average Bonchev–Trinajstić information content (AvgIpc) is 4.27. The fourth-order valence-electron chi connectivity index (χ4n) is 10.2. The number of aromatic nitrogens is 6. The second-order valence-corrected chi connectivity index (χ2v) is 17.0. The van der Waals surface area contributed by atoms with E-state index >= 15 is 0 Å². The van der Waals surface area contributed by atoms with Gasteiger partial charge in [0.15, 0.2) is 5.82 Å². The monoisotopic (exact) mass is 888 g/mol. The van der Waals surface area contributed by atoms with Crippen LogP contribution in [0.4, 0.5) is 0 Å². The highest BCUT2D eigenvalue weighted by molar-refractivity contribution is 6.14. The van der Waals surface area contributed by atoms with Gasteiger partial charge in [0.25, 0.3) is 0 Å². The molecular formula is C63H40N6. The van der Waals surface area contributed by atoms with Crippen LogP contribution in [0.15, 0.2) is 243 Å². The summed E-state index contributed by atoms with van der Waals surface area (Å²) in [6, 6.07) is 62.9. The first-order valence-corrected chi connectivity index (χ1v) is 22.7. The summed E-state index contributed by atoms with van der Waals surface area (Å²) in [4.78, 5) is 14.2. The van der Waals surface area contributed by atoms with Gasteiger partial charge < -0.3 is 13.7 Å². The van der Waals surface area contributed by atoms with Gasteiger partial charge in [-0.2, -0.15) is 0 Å². The van der Waals surface area contributed by atoms with Gasteiger partial charge in [-0.05, 0) is 71.8 Å². The topological polar surface area (TPSA) is 53.5 Å². The zero-order chi connectivity index (χ0) is 52.4. The van der Waals surface area contributed by atoms with E-state index in [1.54, 1.807) is 6.07 Å². The Kier molecular flexibility index (Phi) is 7.13. The molecule has 14 rings (SSSR count). The molecule has 0 saturated carbocycles. The number of hydrogen-bond acceptors (Lipinski definition) is 3. The molecule has 0 amide bonds. The molecule has 5 heterocycles. The predicted molar refractivity (Wildman–Crippen MR) is 285 cm³/mol. The molecule has 0 saturated heterocycles. The van der Waals surface area contributed by atoms with Crippen molar-refractivity contribution in [3.05, 3.63) is 243 Å². The Labute approximate surface area is 408 Å². The number of nitrogens with zero attached hydrogens (tertiary/aromatic N) is 6. The van der Waals surface area contributed by atoms with Crippen LogP contribution in [0.25, 0.3) is 128 Å². The van der Waals surface area contributed by atoms with Crippen molar-refractivity contribution in [2.24, 2.45) is 0 Å². The predicted octanol–water partition coefficient (Wildman–Crippen LogP) is 15.8. The van der Waals surface area contributed by atoms with Gasteiger partial charge in [0.1, 0.15) is 0 Å². The van der Waals surface area contributed by atoms with Crippen molar-refractivity contribution in [1.82, 2.24) is 28.7 Å². The highest BCUT2D eigenvalue weighted by Gasteiger charge is 2.26. The number of benzene rings is 9. The second kappa shape index (κ2) is 15.6. The first kappa shape index (κ1) is 31.5. The Hall–Kier alpha value is -9.39. The van der Waals surface area contributed by atoms with Crippen molar-refractivity contribution in [1.29, 1.82) is 0 Å². The van der Waals surface area contributed by atoms with E-state index in [0.717, 1.165) is 82.5 Å². The van der Waals surface area contributed by atoms with Crippen LogP contribution in [0.2, 0.25) is 0 Å². The molecule has 6 heteroatoms.